The van der Waals surface area contributed by atoms with Crippen LogP contribution in [0.2, 0.25) is 5.02 Å². The molecule has 10 heteroatoms. The topological polar surface area (TPSA) is 103 Å². The van der Waals surface area contributed by atoms with Crippen LogP contribution in [0.25, 0.3) is 0 Å². The van der Waals surface area contributed by atoms with Gasteiger partial charge in [-0.15, -0.1) is 0 Å². The third-order valence-corrected chi connectivity index (χ3v) is 5.46. The maximum absolute atomic E-state index is 13.0. The number of carbonyl (C=O) groups excluding carboxylic acids is 1. The number of rotatable bonds is 4. The Morgan fingerprint density at radius 3 is 2.66 bits per heavy atom. The Labute approximate surface area is 171 Å². The zero-order chi connectivity index (χ0) is 20.9. The highest BCUT2D eigenvalue weighted by Crippen LogP contribution is 2.49. The van der Waals surface area contributed by atoms with Gasteiger partial charge in [-0.25, -0.2) is 4.79 Å². The number of ether oxygens (including phenoxy) is 3. The first-order chi connectivity index (χ1) is 13.8. The Kier molecular flexibility index (Phi) is 4.42. The number of nitrogens with one attached hydrogen (secondary N) is 1. The van der Waals surface area contributed by atoms with Crippen molar-refractivity contribution in [2.24, 2.45) is 0 Å². The summed E-state index contributed by atoms with van der Waals surface area (Å²) in [5.41, 5.74) is -0.121. The van der Waals surface area contributed by atoms with Gasteiger partial charge in [0.05, 0.1) is 35.9 Å². The Balaban J connectivity index is 1.81. The summed E-state index contributed by atoms with van der Waals surface area (Å²) in [6.45, 7) is 1.78. The summed E-state index contributed by atoms with van der Waals surface area (Å²) < 4.78 is 16.8. The molecule has 9 nitrogen and oxygen atoms in total. The molecule has 2 bridgehead atoms. The van der Waals surface area contributed by atoms with E-state index >= 15 is 0 Å². The molecular formula is C19H18ClN3O6. The number of benzene rings is 2. The Bertz CT molecular complexity index is 1030. The number of amides is 2. The van der Waals surface area contributed by atoms with Gasteiger partial charge in [-0.1, -0.05) is 11.6 Å². The standard InChI is InChI=1S/C19H18ClN3O6/c1-19-9-13(11-6-10(23(25)26)4-5-15(11)29-19)21-18(24)22(19)14-7-12(20)16(27-2)8-17(14)28-3/h4-8,13H,9H2,1-3H3,(H,21,24)/t13-,19+/m0/s1. The second-order valence-electron chi connectivity index (χ2n) is 6.96. The summed E-state index contributed by atoms with van der Waals surface area (Å²) >= 11 is 6.29. The first-order valence-electron chi connectivity index (χ1n) is 8.77. The summed E-state index contributed by atoms with van der Waals surface area (Å²) in [5, 5.41) is 14.3. The first kappa shape index (κ1) is 19.1. The normalized spacial score (nSPS) is 22.3. The fourth-order valence-corrected chi connectivity index (χ4v) is 4.09. The van der Waals surface area contributed by atoms with Crippen molar-refractivity contribution < 1.29 is 23.9 Å². The highest BCUT2D eigenvalue weighted by molar-refractivity contribution is 6.32. The molecule has 4 rings (SSSR count). The van der Waals surface area contributed by atoms with E-state index in [0.717, 1.165) is 0 Å². The van der Waals surface area contributed by atoms with Crippen molar-refractivity contribution in [1.82, 2.24) is 5.32 Å². The van der Waals surface area contributed by atoms with E-state index in [1.807, 2.05) is 0 Å². The number of non-ortho nitro benzene ring substituents is 1. The van der Waals surface area contributed by atoms with Gasteiger partial charge in [-0.05, 0) is 19.1 Å². The number of nitro groups is 1. The molecule has 0 saturated carbocycles. The third kappa shape index (κ3) is 2.98. The highest BCUT2D eigenvalue weighted by Gasteiger charge is 2.51. The molecule has 2 amide bonds. The number of fused-ring (bicyclic) bond motifs is 4. The van der Waals surface area contributed by atoms with Crippen LogP contribution in [0, 0.1) is 10.1 Å². The van der Waals surface area contributed by atoms with E-state index in [9.17, 15) is 14.9 Å². The molecule has 1 N–H and O–H groups in total. The molecule has 2 aromatic carbocycles. The van der Waals surface area contributed by atoms with Gasteiger partial charge in [0.25, 0.3) is 5.69 Å². The molecule has 1 fully saturated rings. The average molecular weight is 420 g/mol. The van der Waals surface area contributed by atoms with Gasteiger partial charge in [0.1, 0.15) is 17.2 Å². The molecule has 0 aromatic heterocycles. The van der Waals surface area contributed by atoms with Gasteiger partial charge >= 0.3 is 6.03 Å². The van der Waals surface area contributed by atoms with E-state index < -0.39 is 22.7 Å². The van der Waals surface area contributed by atoms with Crippen molar-refractivity contribution in [1.29, 1.82) is 0 Å². The van der Waals surface area contributed by atoms with Crippen LogP contribution < -0.4 is 24.4 Å². The van der Waals surface area contributed by atoms with E-state index in [-0.39, 0.29) is 5.69 Å². The molecule has 29 heavy (non-hydrogen) atoms. The molecule has 0 spiro atoms. The predicted molar refractivity (Wildman–Crippen MR) is 105 cm³/mol. The van der Waals surface area contributed by atoms with Crippen molar-refractivity contribution in [3.8, 4) is 17.2 Å². The fraction of sp³-hybridized carbons (Fsp3) is 0.316. The summed E-state index contributed by atoms with van der Waals surface area (Å²) in [7, 11) is 2.97. The lowest BCUT2D eigenvalue weighted by Gasteiger charge is -2.50. The smallest absolute Gasteiger partial charge is 0.325 e. The Morgan fingerprint density at radius 2 is 2.00 bits per heavy atom. The fourth-order valence-electron chi connectivity index (χ4n) is 3.86. The van der Waals surface area contributed by atoms with Gasteiger partial charge in [0, 0.05) is 30.2 Å². The Morgan fingerprint density at radius 1 is 1.28 bits per heavy atom. The molecule has 2 heterocycles. The van der Waals surface area contributed by atoms with Crippen molar-refractivity contribution >= 4 is 29.0 Å². The number of halogens is 1. The highest BCUT2D eigenvalue weighted by atomic mass is 35.5. The largest absolute Gasteiger partial charge is 0.495 e. The lowest BCUT2D eigenvalue weighted by atomic mass is 9.89. The third-order valence-electron chi connectivity index (χ3n) is 5.16. The summed E-state index contributed by atoms with van der Waals surface area (Å²) in [6, 6.07) is 6.68. The van der Waals surface area contributed by atoms with Crippen molar-refractivity contribution in [2.45, 2.75) is 25.1 Å². The number of carbonyl (C=O) groups is 1. The lowest BCUT2D eigenvalue weighted by molar-refractivity contribution is -0.385. The van der Waals surface area contributed by atoms with Crippen LogP contribution in [-0.2, 0) is 0 Å². The molecule has 0 radical (unpaired) electrons. The second kappa shape index (κ2) is 6.70. The minimum absolute atomic E-state index is 0.0590. The first-order valence-corrected chi connectivity index (χ1v) is 9.15. The predicted octanol–water partition coefficient (Wildman–Crippen LogP) is 4.04. The van der Waals surface area contributed by atoms with E-state index in [1.165, 1.54) is 31.3 Å². The molecule has 0 aliphatic carbocycles. The van der Waals surface area contributed by atoms with Crippen molar-refractivity contribution in [3.05, 3.63) is 51.0 Å². The molecule has 2 aliphatic rings. The molecule has 0 unspecified atom stereocenters. The van der Waals surface area contributed by atoms with Gasteiger partial charge < -0.3 is 19.5 Å². The van der Waals surface area contributed by atoms with Crippen LogP contribution in [-0.4, -0.2) is 30.9 Å². The number of anilines is 1. The minimum Gasteiger partial charge on any atom is -0.495 e. The quantitative estimate of drug-likeness (QED) is 0.592. The molecule has 152 valence electrons. The summed E-state index contributed by atoms with van der Waals surface area (Å²) in [5.74, 6) is 1.27. The Hall–Kier alpha value is -3.20. The van der Waals surface area contributed by atoms with Crippen LogP contribution in [0.5, 0.6) is 17.2 Å². The van der Waals surface area contributed by atoms with Crippen LogP contribution >= 0.6 is 11.6 Å². The van der Waals surface area contributed by atoms with E-state index in [2.05, 4.69) is 5.32 Å². The van der Waals surface area contributed by atoms with Gasteiger partial charge in [-0.2, -0.15) is 0 Å². The molecule has 2 aromatic rings. The molecule has 2 aliphatic heterocycles. The number of methoxy groups -OCH3 is 2. The van der Waals surface area contributed by atoms with Crippen LogP contribution in [0.4, 0.5) is 16.2 Å². The maximum atomic E-state index is 13.0. The van der Waals surface area contributed by atoms with E-state index in [0.29, 0.717) is 39.9 Å². The number of nitro benzene ring substituents is 1. The van der Waals surface area contributed by atoms with Crippen LogP contribution in [0.15, 0.2) is 30.3 Å². The van der Waals surface area contributed by atoms with E-state index in [4.69, 9.17) is 25.8 Å². The average Bonchev–Trinajstić information content (AvgIpc) is 2.67. The van der Waals surface area contributed by atoms with Gasteiger partial charge in [0.15, 0.2) is 5.72 Å². The molecular weight excluding hydrogens is 402 g/mol. The number of hydrogen-bond acceptors (Lipinski definition) is 6. The number of urea groups is 1. The molecule has 1 saturated heterocycles. The summed E-state index contributed by atoms with van der Waals surface area (Å²) in [4.78, 5) is 25.1. The minimum atomic E-state index is -1.05. The SMILES string of the molecule is COc1cc(OC)c(N2C(=O)N[C@H]3C[C@@]2(C)Oc2ccc([N+](=O)[O-])cc23)cc1Cl. The zero-order valence-corrected chi connectivity index (χ0v) is 16.6. The van der Waals surface area contributed by atoms with Gasteiger partial charge in [-0.3, -0.25) is 15.0 Å². The van der Waals surface area contributed by atoms with Crippen molar-refractivity contribution in [3.63, 3.8) is 0 Å². The van der Waals surface area contributed by atoms with Crippen molar-refractivity contribution in [2.75, 3.05) is 19.1 Å². The maximum Gasteiger partial charge on any atom is 0.325 e. The number of hydrogen-bond donors (Lipinski definition) is 1. The van der Waals surface area contributed by atoms with Crippen LogP contribution in [0.1, 0.15) is 24.9 Å². The zero-order valence-electron chi connectivity index (χ0n) is 15.9. The second-order valence-corrected chi connectivity index (χ2v) is 7.36. The van der Waals surface area contributed by atoms with Crippen LogP contribution in [0.3, 0.4) is 0 Å². The number of nitrogens with zero attached hydrogens (tertiary/aromatic N) is 2. The lowest BCUT2D eigenvalue weighted by Crippen LogP contribution is -2.65. The monoisotopic (exact) mass is 419 g/mol. The molecule has 2 atom stereocenters. The van der Waals surface area contributed by atoms with E-state index in [1.54, 1.807) is 25.1 Å². The summed E-state index contributed by atoms with van der Waals surface area (Å²) in [6.07, 6.45) is 0.375. The van der Waals surface area contributed by atoms with Gasteiger partial charge in [0.2, 0.25) is 0 Å².